The summed E-state index contributed by atoms with van der Waals surface area (Å²) in [6.45, 7) is 9.09. The van der Waals surface area contributed by atoms with Crippen LogP contribution in [0.1, 0.15) is 84.2 Å². The Kier molecular flexibility index (Phi) is 11.1. The van der Waals surface area contributed by atoms with E-state index in [4.69, 9.17) is 14.2 Å². The number of unbranched alkanes of at least 4 members (excludes halogenated alkanes) is 6. The molecule has 2 amide bonds. The molecule has 0 radical (unpaired) electrons. The molecule has 184 valence electrons. The van der Waals surface area contributed by atoms with Crippen LogP contribution in [0.15, 0.2) is 29.5 Å². The minimum Gasteiger partial charge on any atom is -0.490 e. The molecule has 0 spiro atoms. The Morgan fingerprint density at radius 2 is 1.70 bits per heavy atom. The molecule has 33 heavy (non-hydrogen) atoms. The zero-order chi connectivity index (χ0) is 24.2. The van der Waals surface area contributed by atoms with Crippen LogP contribution in [0.2, 0.25) is 0 Å². The summed E-state index contributed by atoms with van der Waals surface area (Å²) in [5.41, 5.74) is 1.69. The number of carbonyl (C=O) groups excluding carboxylic acids is 2. The molecule has 1 aliphatic heterocycles. The van der Waals surface area contributed by atoms with E-state index in [1.54, 1.807) is 0 Å². The predicted molar refractivity (Wildman–Crippen MR) is 129 cm³/mol. The molecule has 2 N–H and O–H groups in total. The molecule has 0 fully saturated rings. The Morgan fingerprint density at radius 3 is 2.33 bits per heavy atom. The maximum atomic E-state index is 12.6. The van der Waals surface area contributed by atoms with Crippen molar-refractivity contribution >= 4 is 12.0 Å². The summed E-state index contributed by atoms with van der Waals surface area (Å²) < 4.78 is 16.9. The lowest BCUT2D eigenvalue weighted by Gasteiger charge is -2.31. The number of amides is 2. The molecule has 0 saturated heterocycles. The van der Waals surface area contributed by atoms with E-state index in [9.17, 15) is 9.59 Å². The van der Waals surface area contributed by atoms with Crippen LogP contribution in [0, 0.1) is 5.92 Å². The number of rotatable bonds is 14. The Hall–Kier alpha value is -2.70. The molecule has 0 aromatic heterocycles. The first-order valence-corrected chi connectivity index (χ1v) is 12.2. The zero-order valence-electron chi connectivity index (χ0n) is 20.8. The molecule has 1 atom stereocenters. The highest BCUT2D eigenvalue weighted by Crippen LogP contribution is 2.36. The predicted octanol–water partition coefficient (Wildman–Crippen LogP) is 5.65. The van der Waals surface area contributed by atoms with Gasteiger partial charge in [-0.1, -0.05) is 65.4 Å². The third kappa shape index (κ3) is 7.69. The van der Waals surface area contributed by atoms with Crippen molar-refractivity contribution < 1.29 is 23.8 Å². The van der Waals surface area contributed by atoms with E-state index in [1.807, 2.05) is 39.0 Å². The quantitative estimate of drug-likeness (QED) is 0.277. The second kappa shape index (κ2) is 13.8. The van der Waals surface area contributed by atoms with Crippen LogP contribution in [-0.2, 0) is 9.53 Å². The summed E-state index contributed by atoms with van der Waals surface area (Å²) in [5.74, 6) is 0.734. The Morgan fingerprint density at radius 1 is 1.00 bits per heavy atom. The maximum absolute atomic E-state index is 12.6. The van der Waals surface area contributed by atoms with E-state index < -0.39 is 12.0 Å². The third-order valence-electron chi connectivity index (χ3n) is 5.69. The number of benzene rings is 1. The Bertz CT molecular complexity index is 819. The highest BCUT2D eigenvalue weighted by molar-refractivity contribution is 5.95. The fourth-order valence-electron chi connectivity index (χ4n) is 3.96. The van der Waals surface area contributed by atoms with Gasteiger partial charge in [0.25, 0.3) is 0 Å². The van der Waals surface area contributed by atoms with Crippen LogP contribution in [0.3, 0.4) is 0 Å². The first-order valence-electron chi connectivity index (χ1n) is 12.2. The van der Waals surface area contributed by atoms with Gasteiger partial charge in [0.1, 0.15) is 0 Å². The maximum Gasteiger partial charge on any atom is 0.337 e. The minimum atomic E-state index is -0.639. The monoisotopic (exact) mass is 460 g/mol. The molecule has 1 aromatic rings. The van der Waals surface area contributed by atoms with Crippen LogP contribution >= 0.6 is 0 Å². The number of urea groups is 1. The summed E-state index contributed by atoms with van der Waals surface area (Å²) in [6.07, 6.45) is 8.54. The lowest BCUT2D eigenvalue weighted by molar-refractivity contribution is -0.136. The van der Waals surface area contributed by atoms with Crippen molar-refractivity contribution in [2.75, 3.05) is 20.3 Å². The van der Waals surface area contributed by atoms with E-state index in [-0.39, 0.29) is 11.9 Å². The van der Waals surface area contributed by atoms with Crippen molar-refractivity contribution in [2.45, 2.75) is 78.7 Å². The number of hydrogen-bond acceptors (Lipinski definition) is 5. The lowest BCUT2D eigenvalue weighted by atomic mass is 9.91. The minimum absolute atomic E-state index is 0.0522. The van der Waals surface area contributed by atoms with Crippen LogP contribution in [0.25, 0.3) is 0 Å². The summed E-state index contributed by atoms with van der Waals surface area (Å²) in [6, 6.07) is 4.55. The highest BCUT2D eigenvalue weighted by atomic mass is 16.5. The van der Waals surface area contributed by atoms with Gasteiger partial charge in [-0.3, -0.25) is 0 Å². The van der Waals surface area contributed by atoms with Gasteiger partial charge in [-0.05, 0) is 37.0 Å². The van der Waals surface area contributed by atoms with Gasteiger partial charge in [-0.15, -0.1) is 0 Å². The van der Waals surface area contributed by atoms with Gasteiger partial charge in [-0.2, -0.15) is 0 Å². The van der Waals surface area contributed by atoms with Crippen molar-refractivity contribution in [1.29, 1.82) is 0 Å². The smallest absolute Gasteiger partial charge is 0.337 e. The third-order valence-corrected chi connectivity index (χ3v) is 5.69. The molecular weight excluding hydrogens is 420 g/mol. The normalized spacial score (nSPS) is 15.8. The average Bonchev–Trinajstić information content (AvgIpc) is 2.80. The molecule has 1 heterocycles. The van der Waals surface area contributed by atoms with Gasteiger partial charge in [0.05, 0.1) is 31.9 Å². The van der Waals surface area contributed by atoms with Gasteiger partial charge >= 0.3 is 12.0 Å². The first-order chi connectivity index (χ1) is 15.9. The van der Waals surface area contributed by atoms with E-state index in [2.05, 4.69) is 17.6 Å². The number of allylic oxidation sites excluding steroid dienone is 1. The number of hydrogen-bond donors (Lipinski definition) is 2. The van der Waals surface area contributed by atoms with Gasteiger partial charge in [-0.25, -0.2) is 9.59 Å². The summed E-state index contributed by atoms with van der Waals surface area (Å²) in [4.78, 5) is 24.9. The van der Waals surface area contributed by atoms with E-state index >= 15 is 0 Å². The van der Waals surface area contributed by atoms with E-state index in [0.717, 1.165) is 18.4 Å². The zero-order valence-corrected chi connectivity index (χ0v) is 20.8. The topological polar surface area (TPSA) is 85.9 Å². The van der Waals surface area contributed by atoms with Crippen LogP contribution in [0.4, 0.5) is 4.79 Å². The van der Waals surface area contributed by atoms with Crippen molar-refractivity contribution in [3.05, 3.63) is 35.0 Å². The summed E-state index contributed by atoms with van der Waals surface area (Å²) >= 11 is 0. The van der Waals surface area contributed by atoms with Crippen molar-refractivity contribution in [3.63, 3.8) is 0 Å². The molecule has 0 bridgehead atoms. The van der Waals surface area contributed by atoms with Gasteiger partial charge in [0.15, 0.2) is 11.5 Å². The molecule has 0 aliphatic carbocycles. The largest absolute Gasteiger partial charge is 0.490 e. The van der Waals surface area contributed by atoms with Crippen LogP contribution < -0.4 is 20.1 Å². The Labute approximate surface area is 198 Å². The van der Waals surface area contributed by atoms with Crippen molar-refractivity contribution in [3.8, 4) is 11.5 Å². The van der Waals surface area contributed by atoms with Crippen molar-refractivity contribution in [2.24, 2.45) is 5.92 Å². The molecule has 0 saturated carbocycles. The Balaban J connectivity index is 2.16. The molecule has 1 unspecified atom stereocenters. The molecule has 7 heteroatoms. The van der Waals surface area contributed by atoms with Crippen LogP contribution in [0.5, 0.6) is 11.5 Å². The van der Waals surface area contributed by atoms with E-state index in [1.165, 1.54) is 39.2 Å². The molecular formula is C26H40N2O5. The first kappa shape index (κ1) is 26.6. The second-order valence-corrected chi connectivity index (χ2v) is 8.61. The van der Waals surface area contributed by atoms with Gasteiger partial charge in [0, 0.05) is 5.70 Å². The number of esters is 1. The standard InChI is InChI=1S/C26H40N2O5/c1-6-8-9-10-11-12-13-16-33-20-15-14-19(17-21(20)32-7-2)24-22(25(29)31-5)23(18(3)4)27-26(30)28-24/h14-15,17-18,24H,6-13,16H2,1-5H3,(H2,27,28,30). The fourth-order valence-corrected chi connectivity index (χ4v) is 3.96. The number of methoxy groups -OCH3 is 1. The molecule has 1 aliphatic rings. The van der Waals surface area contributed by atoms with Crippen molar-refractivity contribution in [1.82, 2.24) is 10.6 Å². The lowest BCUT2D eigenvalue weighted by Crippen LogP contribution is -2.47. The SMILES string of the molecule is CCCCCCCCCOc1ccc(C2NC(=O)NC(C(C)C)=C2C(=O)OC)cc1OCC. The van der Waals surface area contributed by atoms with Gasteiger partial charge in [0.2, 0.25) is 0 Å². The molecule has 1 aromatic carbocycles. The number of ether oxygens (including phenoxy) is 3. The number of carbonyl (C=O) groups is 2. The van der Waals surface area contributed by atoms with Crippen LogP contribution in [-0.4, -0.2) is 32.3 Å². The summed E-state index contributed by atoms with van der Waals surface area (Å²) in [7, 11) is 1.34. The average molecular weight is 461 g/mol. The van der Waals surface area contributed by atoms with E-state index in [0.29, 0.717) is 36.0 Å². The fraction of sp³-hybridized carbons (Fsp3) is 0.615. The van der Waals surface area contributed by atoms with Gasteiger partial charge < -0.3 is 24.8 Å². The highest BCUT2D eigenvalue weighted by Gasteiger charge is 2.34. The number of nitrogens with one attached hydrogen (secondary N) is 2. The molecule has 7 nitrogen and oxygen atoms in total. The molecule has 2 rings (SSSR count). The second-order valence-electron chi connectivity index (χ2n) is 8.61. The summed E-state index contributed by atoms with van der Waals surface area (Å²) in [5, 5.41) is 5.61.